The molecule has 0 radical (unpaired) electrons. The summed E-state index contributed by atoms with van der Waals surface area (Å²) in [6, 6.07) is 4.18. The lowest BCUT2D eigenvalue weighted by Gasteiger charge is -2.27. The summed E-state index contributed by atoms with van der Waals surface area (Å²) in [4.78, 5) is 13.0. The molecule has 0 aliphatic carbocycles. The third kappa shape index (κ3) is 2.67. The molecule has 0 aromatic heterocycles. The van der Waals surface area contributed by atoms with Gasteiger partial charge in [-0.1, -0.05) is 17.7 Å². The maximum atomic E-state index is 13.0. The number of carbonyl (C=O) groups excluding carboxylic acids is 1. The second-order valence-electron chi connectivity index (χ2n) is 7.36. The zero-order valence-electron chi connectivity index (χ0n) is 13.8. The Hall–Kier alpha value is -1.15. The van der Waals surface area contributed by atoms with Crippen molar-refractivity contribution in [2.24, 2.45) is 5.92 Å². The number of carbonyl (C=O) groups is 1. The Balaban J connectivity index is 2.43. The Morgan fingerprint density at radius 3 is 2.00 bits per heavy atom. The number of aryl methyl sites for hydroxylation is 3. The minimum atomic E-state index is -0.398. The van der Waals surface area contributed by atoms with E-state index in [2.05, 4.69) is 32.9 Å². The third-order valence-electron chi connectivity index (χ3n) is 4.31. The first-order valence-corrected chi connectivity index (χ1v) is 7.36. The van der Waals surface area contributed by atoms with E-state index in [4.69, 9.17) is 4.74 Å². The van der Waals surface area contributed by atoms with Crippen LogP contribution in [0.25, 0.3) is 0 Å². The molecule has 2 rings (SSSR count). The van der Waals surface area contributed by atoms with Gasteiger partial charge in [-0.25, -0.2) is 0 Å². The monoisotopic (exact) mass is 274 g/mol. The van der Waals surface area contributed by atoms with Crippen LogP contribution in [0.1, 0.15) is 61.2 Å². The first kappa shape index (κ1) is 15.2. The van der Waals surface area contributed by atoms with Crippen molar-refractivity contribution in [3.63, 3.8) is 0 Å². The molecule has 0 N–H and O–H groups in total. The molecule has 0 bridgehead atoms. The molecule has 1 saturated heterocycles. The highest BCUT2D eigenvalue weighted by Crippen LogP contribution is 2.44. The summed E-state index contributed by atoms with van der Waals surface area (Å²) in [6.07, 6.45) is 0.783. The smallest absolute Gasteiger partial charge is 0.169 e. The van der Waals surface area contributed by atoms with Crippen molar-refractivity contribution in [3.05, 3.63) is 34.4 Å². The van der Waals surface area contributed by atoms with Gasteiger partial charge in [-0.3, -0.25) is 4.79 Å². The average Bonchev–Trinajstić information content (AvgIpc) is 2.44. The first-order chi connectivity index (χ1) is 9.03. The molecule has 1 aromatic rings. The summed E-state index contributed by atoms with van der Waals surface area (Å²) in [5.41, 5.74) is 3.62. The van der Waals surface area contributed by atoms with Crippen LogP contribution in [0.3, 0.4) is 0 Å². The molecule has 1 aliphatic heterocycles. The van der Waals surface area contributed by atoms with E-state index in [1.165, 1.54) is 5.56 Å². The molecule has 1 fully saturated rings. The molecule has 1 aliphatic rings. The summed E-state index contributed by atoms with van der Waals surface area (Å²) in [5, 5.41) is 0. The van der Waals surface area contributed by atoms with Crippen LogP contribution in [0.15, 0.2) is 12.1 Å². The zero-order chi connectivity index (χ0) is 15.3. The van der Waals surface area contributed by atoms with Crippen LogP contribution in [-0.4, -0.2) is 17.0 Å². The Bertz CT molecular complexity index is 530. The number of hydrogen-bond donors (Lipinski definition) is 0. The van der Waals surface area contributed by atoms with Gasteiger partial charge in [0.15, 0.2) is 5.78 Å². The third-order valence-corrected chi connectivity index (χ3v) is 4.31. The van der Waals surface area contributed by atoms with Gasteiger partial charge in [-0.2, -0.15) is 0 Å². The van der Waals surface area contributed by atoms with Gasteiger partial charge in [-0.05, 0) is 66.0 Å². The van der Waals surface area contributed by atoms with Gasteiger partial charge in [0.25, 0.3) is 0 Å². The fourth-order valence-electron chi connectivity index (χ4n) is 3.71. The van der Waals surface area contributed by atoms with E-state index in [9.17, 15) is 4.79 Å². The number of hydrogen-bond acceptors (Lipinski definition) is 2. The molecule has 0 amide bonds. The van der Waals surface area contributed by atoms with Crippen LogP contribution >= 0.6 is 0 Å². The molecular weight excluding hydrogens is 248 g/mol. The normalized spacial score (nSPS) is 23.9. The molecule has 0 spiro atoms. The fourth-order valence-corrected chi connectivity index (χ4v) is 3.71. The molecule has 1 atom stereocenters. The van der Waals surface area contributed by atoms with Crippen LogP contribution < -0.4 is 0 Å². The molecule has 20 heavy (non-hydrogen) atoms. The predicted octanol–water partition coefficient (Wildman–Crippen LogP) is 4.39. The standard InChI is InChI=1S/C18H26O2/c1-11-8-12(2)15(13(3)9-11)16(19)14-10-17(4,5)20-18(14,6)7/h8-9,14H,10H2,1-7H3. The summed E-state index contributed by atoms with van der Waals surface area (Å²) in [5.74, 6) is 0.160. The Kier molecular flexibility index (Phi) is 3.58. The molecule has 1 aromatic carbocycles. The van der Waals surface area contributed by atoms with Crippen molar-refractivity contribution in [2.75, 3.05) is 0 Å². The molecule has 0 saturated carbocycles. The van der Waals surface area contributed by atoms with Gasteiger partial charge in [0.1, 0.15) is 0 Å². The summed E-state index contributed by atoms with van der Waals surface area (Å²) in [6.45, 7) is 14.3. The van der Waals surface area contributed by atoms with E-state index in [1.54, 1.807) is 0 Å². The van der Waals surface area contributed by atoms with Crippen LogP contribution in [0.5, 0.6) is 0 Å². The maximum absolute atomic E-state index is 13.0. The van der Waals surface area contributed by atoms with Gasteiger partial charge < -0.3 is 4.74 Å². The largest absolute Gasteiger partial charge is 0.369 e. The van der Waals surface area contributed by atoms with Crippen LogP contribution in [-0.2, 0) is 4.74 Å². The zero-order valence-corrected chi connectivity index (χ0v) is 13.8. The lowest BCUT2D eigenvalue weighted by atomic mass is 9.79. The van der Waals surface area contributed by atoms with Gasteiger partial charge in [0.05, 0.1) is 17.1 Å². The number of ketones is 1. The summed E-state index contributed by atoms with van der Waals surface area (Å²) >= 11 is 0. The van der Waals surface area contributed by atoms with Gasteiger partial charge in [0, 0.05) is 5.56 Å². The number of rotatable bonds is 2. The second-order valence-corrected chi connectivity index (χ2v) is 7.36. The maximum Gasteiger partial charge on any atom is 0.169 e. The predicted molar refractivity (Wildman–Crippen MR) is 82.3 cm³/mol. The van der Waals surface area contributed by atoms with Crippen molar-refractivity contribution in [3.8, 4) is 0 Å². The van der Waals surface area contributed by atoms with Gasteiger partial charge in [-0.15, -0.1) is 0 Å². The highest BCUT2D eigenvalue weighted by molar-refractivity contribution is 6.01. The lowest BCUT2D eigenvalue weighted by molar-refractivity contribution is -0.0712. The summed E-state index contributed by atoms with van der Waals surface area (Å²) < 4.78 is 6.07. The minimum Gasteiger partial charge on any atom is -0.369 e. The fraction of sp³-hybridized carbons (Fsp3) is 0.611. The highest BCUT2D eigenvalue weighted by atomic mass is 16.5. The van der Waals surface area contributed by atoms with Crippen molar-refractivity contribution in [1.29, 1.82) is 0 Å². The molecule has 1 heterocycles. The van der Waals surface area contributed by atoms with E-state index in [1.807, 2.05) is 27.7 Å². The van der Waals surface area contributed by atoms with E-state index in [-0.39, 0.29) is 17.3 Å². The van der Waals surface area contributed by atoms with E-state index in [0.717, 1.165) is 23.1 Å². The van der Waals surface area contributed by atoms with E-state index < -0.39 is 5.60 Å². The molecule has 2 nitrogen and oxygen atoms in total. The Morgan fingerprint density at radius 2 is 1.60 bits per heavy atom. The lowest BCUT2D eigenvalue weighted by Crippen LogP contribution is -2.34. The quantitative estimate of drug-likeness (QED) is 0.748. The van der Waals surface area contributed by atoms with Crippen LogP contribution in [0.4, 0.5) is 0 Å². The number of Topliss-reactive ketones (excluding diaryl/α,β-unsaturated/α-hetero) is 1. The number of benzene rings is 1. The van der Waals surface area contributed by atoms with Gasteiger partial charge >= 0.3 is 0 Å². The van der Waals surface area contributed by atoms with Crippen molar-refractivity contribution in [2.45, 2.75) is 66.1 Å². The number of ether oxygens (including phenoxy) is 1. The van der Waals surface area contributed by atoms with Crippen LogP contribution in [0, 0.1) is 26.7 Å². The van der Waals surface area contributed by atoms with Crippen molar-refractivity contribution >= 4 is 5.78 Å². The Morgan fingerprint density at radius 1 is 1.10 bits per heavy atom. The van der Waals surface area contributed by atoms with Crippen molar-refractivity contribution in [1.82, 2.24) is 0 Å². The molecular formula is C18H26O2. The topological polar surface area (TPSA) is 26.3 Å². The first-order valence-electron chi connectivity index (χ1n) is 7.36. The van der Waals surface area contributed by atoms with Crippen LogP contribution in [0.2, 0.25) is 0 Å². The summed E-state index contributed by atoms with van der Waals surface area (Å²) in [7, 11) is 0. The van der Waals surface area contributed by atoms with E-state index in [0.29, 0.717) is 0 Å². The SMILES string of the molecule is Cc1cc(C)c(C(=O)C2CC(C)(C)OC2(C)C)c(C)c1. The Labute approximate surface area is 122 Å². The molecule has 2 heteroatoms. The highest BCUT2D eigenvalue weighted by Gasteiger charge is 2.49. The molecule has 110 valence electrons. The van der Waals surface area contributed by atoms with Gasteiger partial charge in [0.2, 0.25) is 0 Å². The average molecular weight is 274 g/mol. The minimum absolute atomic E-state index is 0.0717. The van der Waals surface area contributed by atoms with Crippen molar-refractivity contribution < 1.29 is 9.53 Å². The second kappa shape index (κ2) is 4.70. The molecule has 1 unspecified atom stereocenters. The van der Waals surface area contributed by atoms with E-state index >= 15 is 0 Å².